The van der Waals surface area contributed by atoms with Crippen molar-refractivity contribution in [3.63, 3.8) is 0 Å². The van der Waals surface area contributed by atoms with Crippen molar-refractivity contribution >= 4 is 40.8 Å². The van der Waals surface area contributed by atoms with Crippen LogP contribution in [0.25, 0.3) is 0 Å². The van der Waals surface area contributed by atoms with E-state index in [0.29, 0.717) is 21.3 Å². The smallest absolute Gasteiger partial charge is 0.344 e. The van der Waals surface area contributed by atoms with Gasteiger partial charge in [0.15, 0.2) is 12.7 Å². The SMILES string of the molecule is C[C@H](OC(=O)COc1ccccc1C#N)C(=O)Nc1cc(Cl)cc(Cl)c1. The molecular formula is C18H14Cl2N2O4. The molecule has 0 aliphatic rings. The Labute approximate surface area is 160 Å². The van der Waals surface area contributed by atoms with Gasteiger partial charge in [0.25, 0.3) is 5.91 Å². The van der Waals surface area contributed by atoms with Crippen LogP contribution in [0.4, 0.5) is 5.69 Å². The van der Waals surface area contributed by atoms with Crippen LogP contribution >= 0.6 is 23.2 Å². The molecule has 1 atom stereocenters. The van der Waals surface area contributed by atoms with E-state index in [1.165, 1.54) is 25.1 Å². The molecule has 2 aromatic rings. The van der Waals surface area contributed by atoms with E-state index >= 15 is 0 Å². The summed E-state index contributed by atoms with van der Waals surface area (Å²) in [6.07, 6.45) is -1.06. The van der Waals surface area contributed by atoms with E-state index in [1.807, 2.05) is 6.07 Å². The maximum atomic E-state index is 12.1. The van der Waals surface area contributed by atoms with Gasteiger partial charge in [0, 0.05) is 15.7 Å². The lowest BCUT2D eigenvalue weighted by molar-refractivity contribution is -0.155. The fourth-order valence-electron chi connectivity index (χ4n) is 1.98. The topological polar surface area (TPSA) is 88.4 Å². The monoisotopic (exact) mass is 392 g/mol. The number of rotatable bonds is 6. The largest absolute Gasteiger partial charge is 0.481 e. The van der Waals surface area contributed by atoms with E-state index < -0.39 is 24.6 Å². The molecule has 134 valence electrons. The molecule has 0 bridgehead atoms. The predicted molar refractivity (Wildman–Crippen MR) is 97.3 cm³/mol. The van der Waals surface area contributed by atoms with E-state index in [1.54, 1.807) is 24.3 Å². The van der Waals surface area contributed by atoms with Crippen LogP contribution in [0.2, 0.25) is 10.0 Å². The molecule has 6 nitrogen and oxygen atoms in total. The number of nitriles is 1. The number of amides is 1. The average molecular weight is 393 g/mol. The first-order chi connectivity index (χ1) is 12.4. The molecule has 1 N–H and O–H groups in total. The highest BCUT2D eigenvalue weighted by atomic mass is 35.5. The van der Waals surface area contributed by atoms with Crippen molar-refractivity contribution in [3.05, 3.63) is 58.1 Å². The quantitative estimate of drug-likeness (QED) is 0.754. The zero-order chi connectivity index (χ0) is 19.1. The third-order valence-corrected chi connectivity index (χ3v) is 3.60. The number of ether oxygens (including phenoxy) is 2. The van der Waals surface area contributed by atoms with Crippen molar-refractivity contribution in [2.45, 2.75) is 13.0 Å². The lowest BCUT2D eigenvalue weighted by atomic mass is 10.2. The molecule has 1 amide bonds. The summed E-state index contributed by atoms with van der Waals surface area (Å²) in [5.74, 6) is -1.03. The lowest BCUT2D eigenvalue weighted by Crippen LogP contribution is -2.31. The number of carbonyl (C=O) groups excluding carboxylic acids is 2. The minimum atomic E-state index is -1.06. The lowest BCUT2D eigenvalue weighted by Gasteiger charge is -2.14. The summed E-state index contributed by atoms with van der Waals surface area (Å²) in [6, 6.07) is 13.0. The van der Waals surface area contributed by atoms with Crippen molar-refractivity contribution in [1.29, 1.82) is 5.26 Å². The number of benzene rings is 2. The zero-order valence-electron chi connectivity index (χ0n) is 13.7. The van der Waals surface area contributed by atoms with Crippen molar-refractivity contribution in [1.82, 2.24) is 0 Å². The Morgan fingerprint density at radius 2 is 1.85 bits per heavy atom. The number of carbonyl (C=O) groups is 2. The molecule has 0 saturated heterocycles. The zero-order valence-corrected chi connectivity index (χ0v) is 15.2. The summed E-state index contributed by atoms with van der Waals surface area (Å²) >= 11 is 11.7. The van der Waals surface area contributed by atoms with Crippen LogP contribution < -0.4 is 10.1 Å². The van der Waals surface area contributed by atoms with Crippen LogP contribution in [0.1, 0.15) is 12.5 Å². The number of halogens is 2. The van der Waals surface area contributed by atoms with Gasteiger partial charge in [-0.3, -0.25) is 4.79 Å². The Balaban J connectivity index is 1.88. The molecular weight excluding hydrogens is 379 g/mol. The molecule has 26 heavy (non-hydrogen) atoms. The van der Waals surface area contributed by atoms with Gasteiger partial charge >= 0.3 is 5.97 Å². The van der Waals surface area contributed by atoms with Crippen LogP contribution in [-0.2, 0) is 14.3 Å². The standard InChI is InChI=1S/C18H14Cl2N2O4/c1-11(18(24)22-15-7-13(19)6-14(20)8-15)26-17(23)10-25-16-5-3-2-4-12(16)9-21/h2-8,11H,10H2,1H3,(H,22,24)/t11-/m0/s1. The highest BCUT2D eigenvalue weighted by Crippen LogP contribution is 2.22. The number of nitrogens with zero attached hydrogens (tertiary/aromatic N) is 1. The van der Waals surface area contributed by atoms with Gasteiger partial charge in [-0.2, -0.15) is 5.26 Å². The van der Waals surface area contributed by atoms with E-state index in [4.69, 9.17) is 37.9 Å². The molecule has 0 aromatic heterocycles. The van der Waals surface area contributed by atoms with Gasteiger partial charge in [-0.25, -0.2) is 4.79 Å². The van der Waals surface area contributed by atoms with E-state index in [9.17, 15) is 9.59 Å². The minimum absolute atomic E-state index is 0.262. The van der Waals surface area contributed by atoms with Gasteiger partial charge in [-0.1, -0.05) is 35.3 Å². The highest BCUT2D eigenvalue weighted by Gasteiger charge is 2.19. The van der Waals surface area contributed by atoms with Crippen molar-refractivity contribution in [3.8, 4) is 11.8 Å². The maximum Gasteiger partial charge on any atom is 0.344 e. The number of hydrogen-bond acceptors (Lipinski definition) is 5. The third kappa shape index (κ3) is 5.66. The molecule has 0 aliphatic carbocycles. The summed E-state index contributed by atoms with van der Waals surface area (Å²) in [7, 11) is 0. The molecule has 0 fully saturated rings. The maximum absolute atomic E-state index is 12.1. The highest BCUT2D eigenvalue weighted by molar-refractivity contribution is 6.35. The van der Waals surface area contributed by atoms with Crippen LogP contribution in [0.3, 0.4) is 0 Å². The number of anilines is 1. The van der Waals surface area contributed by atoms with Gasteiger partial charge in [-0.15, -0.1) is 0 Å². The molecule has 0 aliphatic heterocycles. The first kappa shape index (κ1) is 19.6. The summed E-state index contributed by atoms with van der Waals surface area (Å²) in [5.41, 5.74) is 0.679. The Morgan fingerprint density at radius 1 is 1.19 bits per heavy atom. The van der Waals surface area contributed by atoms with Crippen LogP contribution in [-0.4, -0.2) is 24.6 Å². The van der Waals surface area contributed by atoms with E-state index in [-0.39, 0.29) is 5.75 Å². The molecule has 2 aromatic carbocycles. The molecule has 0 radical (unpaired) electrons. The molecule has 0 spiro atoms. The molecule has 8 heteroatoms. The second-order valence-electron chi connectivity index (χ2n) is 5.18. The van der Waals surface area contributed by atoms with Crippen molar-refractivity contribution in [2.24, 2.45) is 0 Å². The van der Waals surface area contributed by atoms with Gasteiger partial charge in [0.2, 0.25) is 0 Å². The first-order valence-corrected chi connectivity index (χ1v) is 8.23. The normalized spacial score (nSPS) is 11.2. The third-order valence-electron chi connectivity index (χ3n) is 3.16. The Morgan fingerprint density at radius 3 is 2.50 bits per heavy atom. The predicted octanol–water partition coefficient (Wildman–Crippen LogP) is 3.81. The summed E-state index contributed by atoms with van der Waals surface area (Å²) in [4.78, 5) is 23.9. The Hall–Kier alpha value is -2.75. The van der Waals surface area contributed by atoms with E-state index in [0.717, 1.165) is 0 Å². The fourth-order valence-corrected chi connectivity index (χ4v) is 2.50. The van der Waals surface area contributed by atoms with Crippen molar-refractivity contribution < 1.29 is 19.1 Å². The summed E-state index contributed by atoms with van der Waals surface area (Å²) in [5, 5.41) is 12.2. The van der Waals surface area contributed by atoms with Gasteiger partial charge in [0.05, 0.1) is 5.56 Å². The number of para-hydroxylation sites is 1. The second-order valence-corrected chi connectivity index (χ2v) is 6.05. The fraction of sp³-hybridized carbons (Fsp3) is 0.167. The van der Waals surface area contributed by atoms with Crippen LogP contribution in [0, 0.1) is 11.3 Å². The van der Waals surface area contributed by atoms with Gasteiger partial charge < -0.3 is 14.8 Å². The molecule has 0 unspecified atom stereocenters. The number of nitrogens with one attached hydrogen (secondary N) is 1. The average Bonchev–Trinajstić information content (AvgIpc) is 2.59. The van der Waals surface area contributed by atoms with Crippen LogP contribution in [0.15, 0.2) is 42.5 Å². The molecule has 0 heterocycles. The molecule has 2 rings (SSSR count). The van der Waals surface area contributed by atoms with Crippen LogP contribution in [0.5, 0.6) is 5.75 Å². The minimum Gasteiger partial charge on any atom is -0.481 e. The number of hydrogen-bond donors (Lipinski definition) is 1. The van der Waals surface area contributed by atoms with Gasteiger partial charge in [0.1, 0.15) is 11.8 Å². The van der Waals surface area contributed by atoms with Crippen molar-refractivity contribution in [2.75, 3.05) is 11.9 Å². The second kappa shape index (κ2) is 9.09. The van der Waals surface area contributed by atoms with E-state index in [2.05, 4.69) is 5.32 Å². The first-order valence-electron chi connectivity index (χ1n) is 7.47. The Kier molecular flexibility index (Phi) is 6.84. The summed E-state index contributed by atoms with van der Waals surface area (Å²) < 4.78 is 10.3. The number of esters is 1. The Bertz CT molecular complexity index is 844. The summed E-state index contributed by atoms with van der Waals surface area (Å²) in [6.45, 7) is 0.988. The molecule has 0 saturated carbocycles. The van der Waals surface area contributed by atoms with Gasteiger partial charge in [-0.05, 0) is 37.3 Å².